The number of rotatable bonds is 3. The maximum absolute atomic E-state index is 9.98. The Labute approximate surface area is 189 Å². The predicted molar refractivity (Wildman–Crippen MR) is 18.1 cm³/mol. The molecule has 0 aromatic rings. The molecule has 6 heteroatoms. The van der Waals surface area contributed by atoms with Gasteiger partial charge in [-0.05, 0) is 0 Å². The van der Waals surface area contributed by atoms with E-state index in [1.165, 1.54) is 0 Å². The largest absolute Gasteiger partial charge is 1.00 e. The fourth-order valence-corrected chi connectivity index (χ4v) is 0.215. The van der Waals surface area contributed by atoms with E-state index in [2.05, 4.69) is 0 Å². The molecule has 0 aliphatic carbocycles. The molecule has 0 aromatic heterocycles. The van der Waals surface area contributed by atoms with Gasteiger partial charge in [-0.2, -0.15) is 6.61 Å². The molecule has 0 saturated heterocycles. The van der Waals surface area contributed by atoms with Crippen molar-refractivity contribution in [2.24, 2.45) is 0 Å². The molecule has 0 rings (SSSR count). The third-order valence-electron chi connectivity index (χ3n) is 0.626. The maximum atomic E-state index is 9.98. The molecule has 3 nitrogen and oxygen atoms in total. The van der Waals surface area contributed by atoms with Crippen LogP contribution in [0.5, 0.6) is 0 Å². The Morgan fingerprint density at radius 2 is 1.40 bits per heavy atom. The van der Waals surface area contributed by atoms with Crippen LogP contribution in [0.1, 0.15) is 6.42 Å². The number of hydrogen-bond donors (Lipinski definition) is 0. The maximum Gasteiger partial charge on any atom is 1.00 e. The van der Waals surface area contributed by atoms with Crippen molar-refractivity contribution >= 4 is 0 Å². The van der Waals surface area contributed by atoms with Gasteiger partial charge >= 0.3 is 154 Å². The Bertz CT molecular complexity index is 46.7. The summed E-state index contributed by atoms with van der Waals surface area (Å²) in [6.07, 6.45) is -1.19. The topological polar surface area (TPSA) is 69.2 Å². The van der Waals surface area contributed by atoms with Crippen LogP contribution in [0.25, 0.3) is 0 Å². The van der Waals surface area contributed by atoms with Gasteiger partial charge in [0.2, 0.25) is 0 Å². The minimum absolute atomic E-state index is 0. The molecule has 0 aliphatic rings. The van der Waals surface area contributed by atoms with Crippen LogP contribution >= 0.6 is 0 Å². The van der Waals surface area contributed by atoms with Gasteiger partial charge in [0, 0.05) is 0 Å². The fraction of sp³-hybridized carbons (Fsp3) is 1.00. The molecular weight excluding hydrogens is 213 g/mol. The van der Waals surface area contributed by atoms with Gasteiger partial charge in [-0.3, -0.25) is 0 Å². The molecule has 0 radical (unpaired) electrons. The molecule has 0 spiro atoms. The van der Waals surface area contributed by atoms with Crippen molar-refractivity contribution in [3.63, 3.8) is 0 Å². The van der Waals surface area contributed by atoms with Crippen molar-refractivity contribution in [3.8, 4) is 0 Å². The van der Waals surface area contributed by atoms with Crippen LogP contribution in [0.15, 0.2) is 0 Å². The van der Waals surface area contributed by atoms with Gasteiger partial charge in [0.05, 0.1) is 0 Å². The van der Waals surface area contributed by atoms with E-state index in [9.17, 15) is 15.3 Å². The second-order valence-electron chi connectivity index (χ2n) is 1.28. The first-order valence-corrected chi connectivity index (χ1v) is 2.13. The first kappa shape index (κ1) is 24.2. The second-order valence-corrected chi connectivity index (χ2v) is 1.28. The Hall–Kier alpha value is 4.79. The molecule has 44 valence electrons. The average Bonchev–Trinajstić information content (AvgIpc) is 1.68. The Kier molecular flexibility index (Phi) is 46.8. The zero-order valence-electron chi connectivity index (χ0n) is 6.92. The summed E-state index contributed by atoms with van der Waals surface area (Å²) in [6.45, 7) is -1.08. The summed E-state index contributed by atoms with van der Waals surface area (Å²) in [5.74, 6) is 0. The van der Waals surface area contributed by atoms with Gasteiger partial charge in [-0.25, -0.2) is 0 Å². The molecule has 1 atom stereocenters. The summed E-state index contributed by atoms with van der Waals surface area (Å²) in [5, 5.41) is 29.1. The van der Waals surface area contributed by atoms with Crippen molar-refractivity contribution in [1.82, 2.24) is 0 Å². The van der Waals surface area contributed by atoms with Crippen LogP contribution < -0.4 is 169 Å². The summed E-state index contributed by atoms with van der Waals surface area (Å²) in [7, 11) is 0. The van der Waals surface area contributed by atoms with Crippen molar-refractivity contribution in [3.05, 3.63) is 0 Å². The number of hydrogen-bond acceptors (Lipinski definition) is 3. The van der Waals surface area contributed by atoms with Crippen LogP contribution in [0.2, 0.25) is 0 Å². The molecule has 0 aliphatic heterocycles. The summed E-state index contributed by atoms with van der Waals surface area (Å²) >= 11 is 0. The molecule has 0 fully saturated rings. The van der Waals surface area contributed by atoms with E-state index < -0.39 is 19.3 Å². The van der Waals surface area contributed by atoms with Gasteiger partial charge in [0.25, 0.3) is 0 Å². The summed E-state index contributed by atoms with van der Waals surface area (Å²) in [6, 6.07) is 0. The molecule has 0 N–H and O–H groups in total. The summed E-state index contributed by atoms with van der Waals surface area (Å²) < 4.78 is 0. The van der Waals surface area contributed by atoms with Gasteiger partial charge in [0.15, 0.2) is 0 Å². The molecule has 1 unspecified atom stereocenters. The zero-order chi connectivity index (χ0) is 5.70. The van der Waals surface area contributed by atoms with Crippen LogP contribution in [0, 0.1) is 0 Å². The van der Waals surface area contributed by atoms with Crippen molar-refractivity contribution in [2.75, 3.05) is 13.2 Å². The van der Waals surface area contributed by atoms with E-state index in [0.29, 0.717) is 0 Å². The quantitative estimate of drug-likeness (QED) is 0.444. The van der Waals surface area contributed by atoms with E-state index in [1.54, 1.807) is 0 Å². The second kappa shape index (κ2) is 19.4. The molecule has 10 heavy (non-hydrogen) atoms. The first-order chi connectivity index (χ1) is 3.31. The van der Waals surface area contributed by atoms with E-state index >= 15 is 0 Å². The van der Waals surface area contributed by atoms with Gasteiger partial charge in [-0.15, -0.1) is 12.7 Å². The molecule has 0 bridgehead atoms. The van der Waals surface area contributed by atoms with Crippen LogP contribution in [-0.2, 0) is 0 Å². The molecule has 0 amide bonds. The van der Waals surface area contributed by atoms with E-state index in [1.807, 2.05) is 0 Å². The van der Waals surface area contributed by atoms with Gasteiger partial charge in [0.1, 0.15) is 0 Å². The van der Waals surface area contributed by atoms with Crippen LogP contribution in [-0.4, -0.2) is 19.3 Å². The summed E-state index contributed by atoms with van der Waals surface area (Å²) in [5.41, 5.74) is 0. The Morgan fingerprint density at radius 3 is 1.50 bits per heavy atom. The normalized spacial score (nSPS) is 9.90. The Morgan fingerprint density at radius 1 is 1.00 bits per heavy atom. The zero-order valence-corrected chi connectivity index (χ0v) is 16.3. The van der Waals surface area contributed by atoms with E-state index in [-0.39, 0.29) is 161 Å². The first-order valence-electron chi connectivity index (χ1n) is 2.13. The standard InChI is InChI=1S/C4H7O3.3K/c5-2-1-4(7)3-6;;;/h4H,1-3H2;;;/q-3;3*+1. The monoisotopic (exact) mass is 220 g/mol. The van der Waals surface area contributed by atoms with Crippen molar-refractivity contribution in [1.29, 1.82) is 0 Å². The van der Waals surface area contributed by atoms with E-state index in [0.717, 1.165) is 0 Å². The molecular formula is C4H7K3O3. The fourth-order valence-electron chi connectivity index (χ4n) is 0.215. The summed E-state index contributed by atoms with van der Waals surface area (Å²) in [4.78, 5) is 0. The van der Waals surface area contributed by atoms with Crippen LogP contribution in [0.3, 0.4) is 0 Å². The third kappa shape index (κ3) is 18.5. The minimum atomic E-state index is -1.17. The van der Waals surface area contributed by atoms with E-state index in [4.69, 9.17) is 0 Å². The minimum Gasteiger partial charge on any atom is -0.855 e. The average molecular weight is 220 g/mol. The SMILES string of the molecule is [K+].[K+].[K+].[O-]CCC([O-])C[O-]. The van der Waals surface area contributed by atoms with Gasteiger partial charge < -0.3 is 15.3 Å². The molecule has 0 heterocycles. The van der Waals surface area contributed by atoms with Crippen molar-refractivity contribution in [2.45, 2.75) is 12.5 Å². The van der Waals surface area contributed by atoms with Crippen LogP contribution in [0.4, 0.5) is 0 Å². The van der Waals surface area contributed by atoms with Crippen molar-refractivity contribution < 1.29 is 169 Å². The third-order valence-corrected chi connectivity index (χ3v) is 0.626. The van der Waals surface area contributed by atoms with Gasteiger partial charge in [-0.1, -0.05) is 6.42 Å². The molecule has 0 saturated carbocycles. The Balaban J connectivity index is -0.0000000600. The molecule has 0 aromatic carbocycles. The smallest absolute Gasteiger partial charge is 0.855 e. The predicted octanol–water partition coefficient (Wildman–Crippen LogP) is -12.2.